The lowest BCUT2D eigenvalue weighted by atomic mass is 9.94. The lowest BCUT2D eigenvalue weighted by molar-refractivity contribution is -0.117. The molecule has 1 unspecified atom stereocenters. The second kappa shape index (κ2) is 8.88. The molecule has 0 bridgehead atoms. The largest absolute Gasteiger partial charge is 0.503 e. The molecule has 1 aliphatic rings. The van der Waals surface area contributed by atoms with E-state index in [1.807, 2.05) is 19.1 Å². The van der Waals surface area contributed by atoms with Gasteiger partial charge in [-0.1, -0.05) is 42.0 Å². The third kappa shape index (κ3) is 3.81. The van der Waals surface area contributed by atoms with E-state index in [9.17, 15) is 24.6 Å². The number of hydrogen-bond donors (Lipinski definition) is 3. The third-order valence-electron chi connectivity index (χ3n) is 6.71. The first-order valence-corrected chi connectivity index (χ1v) is 11.9. The summed E-state index contributed by atoms with van der Waals surface area (Å²) in [5.41, 5.74) is 2.47. The van der Waals surface area contributed by atoms with Crippen molar-refractivity contribution in [2.45, 2.75) is 13.0 Å². The van der Waals surface area contributed by atoms with Crippen LogP contribution in [0.5, 0.6) is 5.75 Å². The second-order valence-corrected chi connectivity index (χ2v) is 9.17. The molecule has 194 valence electrons. The summed E-state index contributed by atoms with van der Waals surface area (Å²) in [7, 11) is 1.49. The Morgan fingerprint density at radius 3 is 2.62 bits per heavy atom. The third-order valence-corrected chi connectivity index (χ3v) is 6.71. The number of carbonyl (C=O) groups excluding carboxylic acids is 2. The number of aryl methyl sites for hydroxylation is 1. The van der Waals surface area contributed by atoms with E-state index >= 15 is 0 Å². The first-order valence-electron chi connectivity index (χ1n) is 11.9. The van der Waals surface area contributed by atoms with Gasteiger partial charge in [-0.05, 0) is 42.8 Å². The highest BCUT2D eigenvalue weighted by Gasteiger charge is 2.46. The van der Waals surface area contributed by atoms with Crippen LogP contribution in [0.25, 0.3) is 22.0 Å². The molecule has 2 aromatic heterocycles. The smallest absolute Gasteiger partial charge is 0.335 e. The molecule has 5 aromatic rings. The summed E-state index contributed by atoms with van der Waals surface area (Å²) in [6, 6.07) is 17.2. The molecule has 0 radical (unpaired) electrons. The Hall–Kier alpha value is -5.38. The molecule has 1 atom stereocenters. The van der Waals surface area contributed by atoms with Gasteiger partial charge in [-0.3, -0.25) is 14.5 Å². The number of aromatic carboxylic acids is 1. The van der Waals surface area contributed by atoms with Gasteiger partial charge in [0.2, 0.25) is 11.7 Å². The summed E-state index contributed by atoms with van der Waals surface area (Å²) in [4.78, 5) is 47.5. The maximum atomic E-state index is 13.9. The zero-order valence-electron chi connectivity index (χ0n) is 20.8. The number of aromatic nitrogens is 2. The molecule has 6 rings (SSSR count). The molecule has 10 nitrogen and oxygen atoms in total. The number of aromatic amines is 1. The van der Waals surface area contributed by atoms with Crippen molar-refractivity contribution in [2.75, 3.05) is 12.0 Å². The van der Waals surface area contributed by atoms with E-state index in [0.717, 1.165) is 5.56 Å². The molecule has 0 saturated heterocycles. The fourth-order valence-electron chi connectivity index (χ4n) is 4.90. The Balaban J connectivity index is 1.50. The van der Waals surface area contributed by atoms with Crippen molar-refractivity contribution in [3.63, 3.8) is 0 Å². The van der Waals surface area contributed by atoms with E-state index in [1.54, 1.807) is 30.3 Å². The SMILES string of the molecule is COc1cccc2cc(C(=O)C3=C(O)C(=O)N(c4nc5ccc(C(=O)O)cc5[nH]4)C3c3cccc(C)c3)oc12. The van der Waals surface area contributed by atoms with E-state index in [1.165, 1.54) is 36.3 Å². The molecule has 0 spiro atoms. The van der Waals surface area contributed by atoms with Crippen molar-refractivity contribution in [1.82, 2.24) is 9.97 Å². The van der Waals surface area contributed by atoms with Gasteiger partial charge in [0.25, 0.3) is 5.91 Å². The quantitative estimate of drug-likeness (QED) is 0.260. The van der Waals surface area contributed by atoms with Crippen LogP contribution in [-0.4, -0.2) is 45.0 Å². The Bertz CT molecular complexity index is 1860. The fourth-order valence-corrected chi connectivity index (χ4v) is 4.90. The number of imidazole rings is 1. The number of aliphatic hydroxyl groups is 1. The molecule has 3 aromatic carbocycles. The summed E-state index contributed by atoms with van der Waals surface area (Å²) < 4.78 is 11.2. The van der Waals surface area contributed by atoms with Crippen LogP contribution in [0.2, 0.25) is 0 Å². The number of nitrogens with zero attached hydrogens (tertiary/aromatic N) is 2. The maximum absolute atomic E-state index is 13.9. The van der Waals surface area contributed by atoms with Gasteiger partial charge in [0.05, 0.1) is 35.3 Å². The minimum Gasteiger partial charge on any atom is -0.503 e. The summed E-state index contributed by atoms with van der Waals surface area (Å²) in [5, 5.41) is 21.0. The number of carboxylic acids is 1. The molecular weight excluding hydrogens is 502 g/mol. The van der Waals surface area contributed by atoms with Crippen LogP contribution >= 0.6 is 0 Å². The first-order chi connectivity index (χ1) is 18.8. The van der Waals surface area contributed by atoms with E-state index in [0.29, 0.717) is 33.3 Å². The number of ketones is 1. The zero-order chi connectivity index (χ0) is 27.4. The summed E-state index contributed by atoms with van der Waals surface area (Å²) in [5.74, 6) is -2.94. The predicted molar refractivity (Wildman–Crippen MR) is 141 cm³/mol. The van der Waals surface area contributed by atoms with Gasteiger partial charge in [-0.25, -0.2) is 9.78 Å². The molecule has 0 saturated carbocycles. The number of carboxylic acid groups (broad SMARTS) is 1. The highest BCUT2D eigenvalue weighted by atomic mass is 16.5. The predicted octanol–water partition coefficient (Wildman–Crippen LogP) is 5.11. The Morgan fingerprint density at radius 1 is 1.08 bits per heavy atom. The van der Waals surface area contributed by atoms with Gasteiger partial charge in [-0.2, -0.15) is 0 Å². The molecule has 39 heavy (non-hydrogen) atoms. The Morgan fingerprint density at radius 2 is 1.87 bits per heavy atom. The number of Topliss-reactive ketones (excluding diaryl/α,β-unsaturated/α-hetero) is 1. The van der Waals surface area contributed by atoms with E-state index in [-0.39, 0.29) is 22.8 Å². The summed E-state index contributed by atoms with van der Waals surface area (Å²) >= 11 is 0. The number of rotatable bonds is 6. The Labute approximate surface area is 220 Å². The number of amides is 1. The summed E-state index contributed by atoms with van der Waals surface area (Å²) in [6.45, 7) is 1.87. The highest BCUT2D eigenvalue weighted by Crippen LogP contribution is 2.42. The van der Waals surface area contributed by atoms with Crippen molar-refractivity contribution < 1.29 is 33.8 Å². The number of furan rings is 1. The number of para-hydroxylation sites is 1. The number of aliphatic hydroxyl groups excluding tert-OH is 1. The number of anilines is 1. The highest BCUT2D eigenvalue weighted by molar-refractivity contribution is 6.20. The fraction of sp³-hybridized carbons (Fsp3) is 0.103. The normalized spacial score (nSPS) is 15.5. The Kier molecular flexibility index (Phi) is 5.46. The van der Waals surface area contributed by atoms with Crippen LogP contribution in [0.15, 0.2) is 82.5 Å². The number of benzene rings is 3. The van der Waals surface area contributed by atoms with Crippen LogP contribution < -0.4 is 9.64 Å². The van der Waals surface area contributed by atoms with Crippen molar-refractivity contribution in [3.05, 3.63) is 101 Å². The lowest BCUT2D eigenvalue weighted by Gasteiger charge is -2.24. The van der Waals surface area contributed by atoms with Gasteiger partial charge in [0.15, 0.2) is 22.9 Å². The van der Waals surface area contributed by atoms with Crippen molar-refractivity contribution in [3.8, 4) is 5.75 Å². The number of nitrogens with one attached hydrogen (secondary N) is 1. The number of carbonyl (C=O) groups is 3. The molecule has 3 N–H and O–H groups in total. The van der Waals surface area contributed by atoms with Crippen molar-refractivity contribution in [2.24, 2.45) is 0 Å². The second-order valence-electron chi connectivity index (χ2n) is 9.17. The van der Waals surface area contributed by atoms with Crippen LogP contribution in [-0.2, 0) is 4.79 Å². The lowest BCUT2D eigenvalue weighted by Crippen LogP contribution is -2.32. The number of H-pyrrole nitrogens is 1. The molecule has 1 aliphatic heterocycles. The molecule has 1 amide bonds. The average molecular weight is 524 g/mol. The molecular formula is C29H21N3O7. The zero-order valence-corrected chi connectivity index (χ0v) is 20.8. The first kappa shape index (κ1) is 24.0. The number of methoxy groups -OCH3 is 1. The van der Waals surface area contributed by atoms with Crippen LogP contribution in [0, 0.1) is 6.92 Å². The molecule has 3 heterocycles. The van der Waals surface area contributed by atoms with E-state index < -0.39 is 29.5 Å². The van der Waals surface area contributed by atoms with Gasteiger partial charge >= 0.3 is 5.97 Å². The topological polar surface area (TPSA) is 146 Å². The standard InChI is InChI=1S/C29H21N3O7/c1-14-5-3-6-15(11-14)23-22(24(33)21-13-16-7-4-8-20(38-2)26(16)39-21)25(34)27(35)32(23)29-30-18-10-9-17(28(36)37)12-19(18)31-29/h3-13,23,34H,1-2H3,(H,30,31)(H,36,37). The van der Waals surface area contributed by atoms with Gasteiger partial charge in [-0.15, -0.1) is 0 Å². The number of ether oxygens (including phenoxy) is 1. The van der Waals surface area contributed by atoms with Crippen LogP contribution in [0.1, 0.15) is 38.1 Å². The van der Waals surface area contributed by atoms with E-state index in [4.69, 9.17) is 9.15 Å². The van der Waals surface area contributed by atoms with Gasteiger partial charge in [0.1, 0.15) is 0 Å². The van der Waals surface area contributed by atoms with Crippen molar-refractivity contribution in [1.29, 1.82) is 0 Å². The maximum Gasteiger partial charge on any atom is 0.335 e. The van der Waals surface area contributed by atoms with Crippen molar-refractivity contribution >= 4 is 45.6 Å². The van der Waals surface area contributed by atoms with Crippen LogP contribution in [0.3, 0.4) is 0 Å². The molecule has 0 fully saturated rings. The van der Waals surface area contributed by atoms with Gasteiger partial charge < -0.3 is 24.4 Å². The summed E-state index contributed by atoms with van der Waals surface area (Å²) in [6.07, 6.45) is 0. The van der Waals surface area contributed by atoms with Gasteiger partial charge in [0, 0.05) is 5.39 Å². The minimum atomic E-state index is -1.11. The molecule has 0 aliphatic carbocycles. The minimum absolute atomic E-state index is 0.0397. The van der Waals surface area contributed by atoms with E-state index in [2.05, 4.69) is 9.97 Å². The average Bonchev–Trinajstić information content (AvgIpc) is 3.61. The number of fused-ring (bicyclic) bond motifs is 2. The monoisotopic (exact) mass is 523 g/mol. The molecule has 10 heteroatoms. The number of hydrogen-bond acceptors (Lipinski definition) is 7. The van der Waals surface area contributed by atoms with Crippen LogP contribution in [0.4, 0.5) is 5.95 Å².